The molecule has 0 saturated heterocycles. The van der Waals surface area contributed by atoms with Crippen LogP contribution in [-0.4, -0.2) is 21.8 Å². The first kappa shape index (κ1) is 6.25. The highest BCUT2D eigenvalue weighted by molar-refractivity contribution is 5.01. The molecule has 4 N–H and O–H groups in total. The Balaban J connectivity index is 2.65. The summed E-state index contributed by atoms with van der Waals surface area (Å²) in [5.74, 6) is 0. The van der Waals surface area contributed by atoms with Gasteiger partial charge in [0, 0.05) is 12.7 Å². The van der Waals surface area contributed by atoms with Crippen molar-refractivity contribution in [3.8, 4) is 0 Å². The zero-order valence-electron chi connectivity index (χ0n) is 4.91. The van der Waals surface area contributed by atoms with E-state index in [1.54, 1.807) is 12.3 Å². The summed E-state index contributed by atoms with van der Waals surface area (Å²) in [6.07, 6.45) is 0.973. The van der Waals surface area contributed by atoms with E-state index in [0.717, 1.165) is 0 Å². The summed E-state index contributed by atoms with van der Waals surface area (Å²) >= 11 is 0. The molecule has 0 aliphatic carbocycles. The normalized spacial score (nSPS) is 13.6. The maximum absolute atomic E-state index is 9.02. The fourth-order valence-electron chi connectivity index (χ4n) is 0.579. The van der Waals surface area contributed by atoms with E-state index in [2.05, 4.69) is 10.2 Å². The molecule has 1 heterocycles. The number of aromatic amines is 1. The number of nitrogens with zero attached hydrogens (tertiary/aromatic N) is 1. The zero-order chi connectivity index (χ0) is 6.69. The molecule has 0 aliphatic rings. The molecule has 4 heteroatoms. The van der Waals surface area contributed by atoms with Gasteiger partial charge in [-0.05, 0) is 6.07 Å². The summed E-state index contributed by atoms with van der Waals surface area (Å²) in [4.78, 5) is 0. The smallest absolute Gasteiger partial charge is 0.108 e. The number of nitrogens with one attached hydrogen (secondary N) is 1. The van der Waals surface area contributed by atoms with Gasteiger partial charge in [0.15, 0.2) is 0 Å². The SMILES string of the molecule is NC[C@H](O)c1ccn[nH]1. The van der Waals surface area contributed by atoms with Gasteiger partial charge in [-0.1, -0.05) is 0 Å². The molecule has 0 amide bonds. The van der Waals surface area contributed by atoms with Gasteiger partial charge in [-0.2, -0.15) is 5.10 Å². The van der Waals surface area contributed by atoms with Gasteiger partial charge >= 0.3 is 0 Å². The molecule has 0 aliphatic heterocycles. The summed E-state index contributed by atoms with van der Waals surface area (Å²) in [6.45, 7) is 0.224. The van der Waals surface area contributed by atoms with Crippen molar-refractivity contribution >= 4 is 0 Å². The Hall–Kier alpha value is -0.870. The number of nitrogens with two attached hydrogens (primary N) is 1. The zero-order valence-corrected chi connectivity index (χ0v) is 4.91. The van der Waals surface area contributed by atoms with Crippen LogP contribution in [0, 0.1) is 0 Å². The number of hydrogen-bond donors (Lipinski definition) is 3. The van der Waals surface area contributed by atoms with Crippen molar-refractivity contribution in [2.24, 2.45) is 5.73 Å². The number of aliphatic hydroxyl groups excluding tert-OH is 1. The van der Waals surface area contributed by atoms with Crippen LogP contribution in [0.1, 0.15) is 11.8 Å². The number of hydrogen-bond acceptors (Lipinski definition) is 3. The highest BCUT2D eigenvalue weighted by Gasteiger charge is 2.03. The summed E-state index contributed by atoms with van der Waals surface area (Å²) < 4.78 is 0. The van der Waals surface area contributed by atoms with Crippen molar-refractivity contribution in [1.29, 1.82) is 0 Å². The van der Waals surface area contributed by atoms with E-state index < -0.39 is 6.10 Å². The molecule has 1 rings (SSSR count). The van der Waals surface area contributed by atoms with Gasteiger partial charge in [0.1, 0.15) is 6.10 Å². The fourth-order valence-corrected chi connectivity index (χ4v) is 0.579. The first-order valence-corrected chi connectivity index (χ1v) is 2.72. The second kappa shape index (κ2) is 2.61. The maximum Gasteiger partial charge on any atom is 0.108 e. The average Bonchev–Trinajstić information content (AvgIpc) is 2.37. The van der Waals surface area contributed by atoms with E-state index in [1.807, 2.05) is 0 Å². The van der Waals surface area contributed by atoms with Crippen LogP contribution < -0.4 is 5.73 Å². The van der Waals surface area contributed by atoms with E-state index in [0.29, 0.717) is 5.69 Å². The first-order chi connectivity index (χ1) is 4.34. The summed E-state index contributed by atoms with van der Waals surface area (Å²) in [7, 11) is 0. The number of aliphatic hydroxyl groups is 1. The highest BCUT2D eigenvalue weighted by Crippen LogP contribution is 2.04. The van der Waals surface area contributed by atoms with Crippen LogP contribution >= 0.6 is 0 Å². The summed E-state index contributed by atoms with van der Waals surface area (Å²) in [5.41, 5.74) is 5.83. The molecule has 1 aromatic rings. The van der Waals surface area contributed by atoms with Crippen LogP contribution in [0.2, 0.25) is 0 Å². The molecular formula is C5H9N3O. The van der Waals surface area contributed by atoms with E-state index in [4.69, 9.17) is 10.8 Å². The minimum Gasteiger partial charge on any atom is -0.385 e. The van der Waals surface area contributed by atoms with E-state index in [1.165, 1.54) is 0 Å². The van der Waals surface area contributed by atoms with E-state index in [9.17, 15) is 0 Å². The average molecular weight is 127 g/mol. The standard InChI is InChI=1S/C5H9N3O/c6-3-5(9)4-1-2-7-8-4/h1-2,5,9H,3,6H2,(H,7,8)/t5-/m0/s1. The van der Waals surface area contributed by atoms with Gasteiger partial charge in [0.25, 0.3) is 0 Å². The Morgan fingerprint density at radius 3 is 3.11 bits per heavy atom. The predicted octanol–water partition coefficient (Wildman–Crippen LogP) is -0.598. The van der Waals surface area contributed by atoms with Crippen molar-refractivity contribution in [2.75, 3.05) is 6.54 Å². The third-order valence-electron chi connectivity index (χ3n) is 1.10. The van der Waals surface area contributed by atoms with Crippen molar-refractivity contribution in [3.63, 3.8) is 0 Å². The van der Waals surface area contributed by atoms with Gasteiger partial charge in [-0.15, -0.1) is 0 Å². The van der Waals surface area contributed by atoms with E-state index in [-0.39, 0.29) is 6.54 Å². The lowest BCUT2D eigenvalue weighted by Gasteiger charge is -2.01. The largest absolute Gasteiger partial charge is 0.385 e. The Labute approximate surface area is 52.7 Å². The van der Waals surface area contributed by atoms with Crippen molar-refractivity contribution in [2.45, 2.75) is 6.10 Å². The molecule has 0 radical (unpaired) electrons. The Morgan fingerprint density at radius 1 is 1.89 bits per heavy atom. The summed E-state index contributed by atoms with van der Waals surface area (Å²) in [5, 5.41) is 15.3. The molecule has 0 aromatic carbocycles. The molecule has 0 bridgehead atoms. The molecule has 1 aromatic heterocycles. The second-order valence-electron chi connectivity index (χ2n) is 1.76. The summed E-state index contributed by atoms with van der Waals surface area (Å²) in [6, 6.07) is 1.69. The fraction of sp³-hybridized carbons (Fsp3) is 0.400. The predicted molar refractivity (Wildman–Crippen MR) is 32.6 cm³/mol. The highest BCUT2D eigenvalue weighted by atomic mass is 16.3. The molecule has 1 atom stereocenters. The Kier molecular flexibility index (Phi) is 1.81. The molecule has 9 heavy (non-hydrogen) atoms. The van der Waals surface area contributed by atoms with Crippen LogP contribution in [0.25, 0.3) is 0 Å². The lowest BCUT2D eigenvalue weighted by atomic mass is 10.3. The molecule has 0 fully saturated rings. The quantitative estimate of drug-likeness (QED) is 0.496. The van der Waals surface area contributed by atoms with Crippen LogP contribution in [0.4, 0.5) is 0 Å². The first-order valence-electron chi connectivity index (χ1n) is 2.72. The number of rotatable bonds is 2. The lowest BCUT2D eigenvalue weighted by molar-refractivity contribution is 0.182. The number of H-pyrrole nitrogens is 1. The topological polar surface area (TPSA) is 74.9 Å². The second-order valence-corrected chi connectivity index (χ2v) is 1.76. The Morgan fingerprint density at radius 2 is 2.67 bits per heavy atom. The van der Waals surface area contributed by atoms with Gasteiger partial charge in [0.2, 0.25) is 0 Å². The third-order valence-corrected chi connectivity index (χ3v) is 1.10. The van der Waals surface area contributed by atoms with Crippen LogP contribution in [0.15, 0.2) is 12.3 Å². The van der Waals surface area contributed by atoms with Crippen molar-refractivity contribution in [3.05, 3.63) is 18.0 Å². The lowest BCUT2D eigenvalue weighted by Crippen LogP contribution is -2.11. The van der Waals surface area contributed by atoms with Gasteiger partial charge in [0.05, 0.1) is 5.69 Å². The minimum absolute atomic E-state index is 0.224. The van der Waals surface area contributed by atoms with Gasteiger partial charge in [-0.3, -0.25) is 5.10 Å². The van der Waals surface area contributed by atoms with E-state index >= 15 is 0 Å². The maximum atomic E-state index is 9.02. The molecule has 4 nitrogen and oxygen atoms in total. The molecule has 0 saturated carbocycles. The minimum atomic E-state index is -0.604. The third kappa shape index (κ3) is 1.28. The van der Waals surface area contributed by atoms with Crippen LogP contribution in [-0.2, 0) is 0 Å². The number of aromatic nitrogens is 2. The monoisotopic (exact) mass is 127 g/mol. The van der Waals surface area contributed by atoms with Gasteiger partial charge < -0.3 is 10.8 Å². The van der Waals surface area contributed by atoms with Crippen molar-refractivity contribution < 1.29 is 5.11 Å². The Bertz CT molecular complexity index is 161. The molecular weight excluding hydrogens is 118 g/mol. The molecule has 50 valence electrons. The van der Waals surface area contributed by atoms with Crippen molar-refractivity contribution in [1.82, 2.24) is 10.2 Å². The van der Waals surface area contributed by atoms with Crippen LogP contribution in [0.5, 0.6) is 0 Å². The molecule has 0 unspecified atom stereocenters. The van der Waals surface area contributed by atoms with Crippen LogP contribution in [0.3, 0.4) is 0 Å². The molecule has 0 spiro atoms. The van der Waals surface area contributed by atoms with Gasteiger partial charge in [-0.25, -0.2) is 0 Å².